The van der Waals surface area contributed by atoms with Crippen molar-refractivity contribution >= 4 is 15.7 Å². The number of nitro groups is 1. The summed E-state index contributed by atoms with van der Waals surface area (Å²) in [6.07, 6.45) is 1.04. The highest BCUT2D eigenvalue weighted by molar-refractivity contribution is 7.89. The van der Waals surface area contributed by atoms with Crippen molar-refractivity contribution in [2.24, 2.45) is 11.8 Å². The second kappa shape index (κ2) is 7.66. The summed E-state index contributed by atoms with van der Waals surface area (Å²) in [6, 6.07) is 11.9. The molecule has 1 saturated heterocycles. The molecule has 0 spiro atoms. The number of benzene rings is 2. The van der Waals surface area contributed by atoms with E-state index in [-0.39, 0.29) is 10.6 Å². The SMILES string of the molecule is C[C@H]1C[C@H](C)CN(S(=O)(=O)c2ccc(Oc3ccc([N+](=O)[O-])cc3)cc2)C1. The van der Waals surface area contributed by atoms with Gasteiger partial charge in [-0.3, -0.25) is 10.1 Å². The number of rotatable bonds is 5. The van der Waals surface area contributed by atoms with E-state index in [2.05, 4.69) is 13.8 Å². The number of hydrogen-bond donors (Lipinski definition) is 0. The maximum absolute atomic E-state index is 12.9. The molecule has 0 aromatic heterocycles. The topological polar surface area (TPSA) is 89.8 Å². The van der Waals surface area contributed by atoms with E-state index in [0.717, 1.165) is 6.42 Å². The first-order valence-electron chi connectivity index (χ1n) is 8.78. The molecule has 1 heterocycles. The minimum absolute atomic E-state index is 0.0196. The van der Waals surface area contributed by atoms with Gasteiger partial charge in [-0.25, -0.2) is 8.42 Å². The molecule has 0 N–H and O–H groups in total. The van der Waals surface area contributed by atoms with Gasteiger partial charge in [-0.15, -0.1) is 0 Å². The van der Waals surface area contributed by atoms with E-state index in [1.54, 1.807) is 16.4 Å². The van der Waals surface area contributed by atoms with E-state index < -0.39 is 14.9 Å². The van der Waals surface area contributed by atoms with E-state index in [9.17, 15) is 18.5 Å². The molecule has 0 radical (unpaired) electrons. The summed E-state index contributed by atoms with van der Waals surface area (Å²) < 4.78 is 32.9. The first kappa shape index (κ1) is 19.3. The summed E-state index contributed by atoms with van der Waals surface area (Å²) in [5.74, 6) is 1.58. The molecular weight excluding hydrogens is 368 g/mol. The highest BCUT2D eigenvalue weighted by Crippen LogP contribution is 2.29. The maximum atomic E-state index is 12.9. The summed E-state index contributed by atoms with van der Waals surface area (Å²) in [7, 11) is -3.53. The van der Waals surface area contributed by atoms with Crippen molar-refractivity contribution in [2.45, 2.75) is 25.2 Å². The molecular formula is C19H22N2O5S. The molecule has 2 atom stereocenters. The molecule has 0 saturated carbocycles. The van der Waals surface area contributed by atoms with Crippen LogP contribution in [0.1, 0.15) is 20.3 Å². The van der Waals surface area contributed by atoms with Crippen LogP contribution >= 0.6 is 0 Å². The zero-order valence-corrected chi connectivity index (χ0v) is 16.1. The third-order valence-corrected chi connectivity index (χ3v) is 6.43. The average Bonchev–Trinajstić information content (AvgIpc) is 2.62. The van der Waals surface area contributed by atoms with Crippen LogP contribution in [0.2, 0.25) is 0 Å². The van der Waals surface area contributed by atoms with Gasteiger partial charge in [0.05, 0.1) is 9.82 Å². The Morgan fingerprint density at radius 3 is 1.93 bits per heavy atom. The highest BCUT2D eigenvalue weighted by atomic mass is 32.2. The molecule has 1 fully saturated rings. The zero-order valence-electron chi connectivity index (χ0n) is 15.2. The fourth-order valence-electron chi connectivity index (χ4n) is 3.40. The summed E-state index contributed by atoms with van der Waals surface area (Å²) in [4.78, 5) is 10.4. The van der Waals surface area contributed by atoms with Crippen LogP contribution in [0.15, 0.2) is 53.4 Å². The second-order valence-corrected chi connectivity index (χ2v) is 9.03. The molecule has 3 rings (SSSR count). The zero-order chi connectivity index (χ0) is 19.6. The molecule has 1 aliphatic heterocycles. The van der Waals surface area contributed by atoms with Crippen LogP contribution in [0.25, 0.3) is 0 Å². The number of nitrogens with zero attached hydrogens (tertiary/aromatic N) is 2. The lowest BCUT2D eigenvalue weighted by molar-refractivity contribution is -0.384. The van der Waals surface area contributed by atoms with E-state index >= 15 is 0 Å². The van der Waals surface area contributed by atoms with Crippen LogP contribution in [-0.4, -0.2) is 30.7 Å². The lowest BCUT2D eigenvalue weighted by atomic mass is 9.94. The Balaban J connectivity index is 1.73. The summed E-state index contributed by atoms with van der Waals surface area (Å²) in [5, 5.41) is 10.7. The van der Waals surface area contributed by atoms with Gasteiger partial charge in [-0.2, -0.15) is 4.31 Å². The number of nitro benzene ring substituents is 1. The molecule has 2 aromatic carbocycles. The maximum Gasteiger partial charge on any atom is 0.269 e. The van der Waals surface area contributed by atoms with Crippen LogP contribution < -0.4 is 4.74 Å². The molecule has 144 valence electrons. The number of sulfonamides is 1. The van der Waals surface area contributed by atoms with Gasteiger partial charge < -0.3 is 4.74 Å². The minimum atomic E-state index is -3.53. The number of piperidine rings is 1. The Bertz CT molecular complexity index is 900. The van der Waals surface area contributed by atoms with Crippen molar-refractivity contribution in [3.05, 3.63) is 58.6 Å². The third kappa shape index (κ3) is 4.45. The lowest BCUT2D eigenvalue weighted by Gasteiger charge is -2.34. The predicted octanol–water partition coefficient (Wildman–Crippen LogP) is 4.05. The van der Waals surface area contributed by atoms with Gasteiger partial charge in [-0.1, -0.05) is 13.8 Å². The third-order valence-electron chi connectivity index (χ3n) is 4.58. The Morgan fingerprint density at radius 2 is 1.44 bits per heavy atom. The minimum Gasteiger partial charge on any atom is -0.457 e. The van der Waals surface area contributed by atoms with Crippen molar-refractivity contribution < 1.29 is 18.1 Å². The Kier molecular flexibility index (Phi) is 5.48. The van der Waals surface area contributed by atoms with Crippen LogP contribution in [0.5, 0.6) is 11.5 Å². The monoisotopic (exact) mass is 390 g/mol. The molecule has 0 aliphatic carbocycles. The van der Waals surface area contributed by atoms with Crippen LogP contribution in [0.4, 0.5) is 5.69 Å². The van der Waals surface area contributed by atoms with E-state index in [1.807, 2.05) is 0 Å². The standard InChI is InChI=1S/C19H22N2O5S/c1-14-11-15(2)13-20(12-14)27(24,25)19-9-7-18(8-10-19)26-17-5-3-16(4-6-17)21(22)23/h3-10,14-15H,11-13H2,1-2H3/t14-,15-/m0/s1. The molecule has 0 amide bonds. The van der Waals surface area contributed by atoms with Gasteiger partial charge in [0.25, 0.3) is 5.69 Å². The molecule has 0 bridgehead atoms. The largest absolute Gasteiger partial charge is 0.457 e. The smallest absolute Gasteiger partial charge is 0.269 e. The van der Waals surface area contributed by atoms with Crippen molar-refractivity contribution in [3.63, 3.8) is 0 Å². The van der Waals surface area contributed by atoms with Crippen molar-refractivity contribution in [1.82, 2.24) is 4.31 Å². The van der Waals surface area contributed by atoms with Crippen molar-refractivity contribution in [1.29, 1.82) is 0 Å². The lowest BCUT2D eigenvalue weighted by Crippen LogP contribution is -2.42. The summed E-state index contributed by atoms with van der Waals surface area (Å²) in [5.41, 5.74) is -0.0196. The molecule has 0 unspecified atom stereocenters. The van der Waals surface area contributed by atoms with Gasteiger partial charge in [0, 0.05) is 25.2 Å². The van der Waals surface area contributed by atoms with Crippen LogP contribution in [0, 0.1) is 22.0 Å². The van der Waals surface area contributed by atoms with Crippen molar-refractivity contribution in [3.8, 4) is 11.5 Å². The number of non-ortho nitro benzene ring substituents is 1. The first-order valence-corrected chi connectivity index (χ1v) is 10.2. The molecule has 27 heavy (non-hydrogen) atoms. The molecule has 1 aliphatic rings. The average molecular weight is 390 g/mol. The molecule has 8 heteroatoms. The summed E-state index contributed by atoms with van der Waals surface area (Å²) >= 11 is 0. The fraction of sp³-hybridized carbons (Fsp3) is 0.368. The fourth-order valence-corrected chi connectivity index (χ4v) is 5.08. The molecule has 7 nitrogen and oxygen atoms in total. The van der Waals surface area contributed by atoms with Crippen molar-refractivity contribution in [2.75, 3.05) is 13.1 Å². The Morgan fingerprint density at radius 1 is 0.963 bits per heavy atom. The normalized spacial score (nSPS) is 21.0. The predicted molar refractivity (Wildman–Crippen MR) is 101 cm³/mol. The quantitative estimate of drug-likeness (QED) is 0.567. The van der Waals surface area contributed by atoms with E-state index in [0.29, 0.717) is 36.4 Å². The van der Waals surface area contributed by atoms with Gasteiger partial charge in [0.1, 0.15) is 11.5 Å². The summed E-state index contributed by atoms with van der Waals surface area (Å²) in [6.45, 7) is 5.21. The van der Waals surface area contributed by atoms with E-state index in [4.69, 9.17) is 4.74 Å². The Labute approximate surface area is 158 Å². The molecule has 2 aromatic rings. The van der Waals surface area contributed by atoms with Gasteiger partial charge in [-0.05, 0) is 54.7 Å². The second-order valence-electron chi connectivity index (χ2n) is 7.09. The van der Waals surface area contributed by atoms with Crippen LogP contribution in [-0.2, 0) is 10.0 Å². The van der Waals surface area contributed by atoms with E-state index in [1.165, 1.54) is 36.4 Å². The van der Waals surface area contributed by atoms with Crippen LogP contribution in [0.3, 0.4) is 0 Å². The Hall–Kier alpha value is -2.45. The van der Waals surface area contributed by atoms with Gasteiger partial charge in [0.15, 0.2) is 0 Å². The number of hydrogen-bond acceptors (Lipinski definition) is 5. The van der Waals surface area contributed by atoms with Gasteiger partial charge >= 0.3 is 0 Å². The van der Waals surface area contributed by atoms with Gasteiger partial charge in [0.2, 0.25) is 10.0 Å². The number of ether oxygens (including phenoxy) is 1. The highest BCUT2D eigenvalue weighted by Gasteiger charge is 2.31. The first-order chi connectivity index (χ1) is 12.8.